The van der Waals surface area contributed by atoms with Gasteiger partial charge < -0.3 is 10.1 Å². The number of nitrogens with zero attached hydrogens (tertiary/aromatic N) is 4. The summed E-state index contributed by atoms with van der Waals surface area (Å²) in [4.78, 5) is 13.1. The number of halogens is 1. The number of hydrogen-bond acceptors (Lipinski definition) is 6. The molecular weight excluding hydrogens is 422 g/mol. The van der Waals surface area contributed by atoms with Gasteiger partial charge in [0.15, 0.2) is 12.4 Å². The number of benzene rings is 2. The largest absolute Gasteiger partial charge is 0.484 e. The Morgan fingerprint density at radius 3 is 2.90 bits per heavy atom. The van der Waals surface area contributed by atoms with Crippen LogP contribution in [0.25, 0.3) is 15.5 Å². The van der Waals surface area contributed by atoms with Crippen LogP contribution in [0.5, 0.6) is 5.75 Å². The molecule has 0 aliphatic heterocycles. The van der Waals surface area contributed by atoms with Crippen LogP contribution in [0.1, 0.15) is 24.7 Å². The molecule has 4 rings (SSSR count). The van der Waals surface area contributed by atoms with Gasteiger partial charge in [-0.3, -0.25) is 4.79 Å². The summed E-state index contributed by atoms with van der Waals surface area (Å²) in [6.07, 6.45) is 1.81. The van der Waals surface area contributed by atoms with Crippen LogP contribution < -0.4 is 10.1 Å². The van der Waals surface area contributed by atoms with Gasteiger partial charge in [-0.1, -0.05) is 42.0 Å². The molecule has 0 aliphatic carbocycles. The molecule has 154 valence electrons. The van der Waals surface area contributed by atoms with Crippen molar-refractivity contribution in [2.45, 2.75) is 26.7 Å². The van der Waals surface area contributed by atoms with Crippen molar-refractivity contribution < 1.29 is 9.53 Å². The van der Waals surface area contributed by atoms with Crippen LogP contribution in [0, 0.1) is 6.92 Å². The fraction of sp³-hybridized carbons (Fsp3) is 0.238. The maximum Gasteiger partial charge on any atom is 0.262 e. The molecule has 7 nitrogen and oxygen atoms in total. The normalized spacial score (nSPS) is 11.0. The second-order valence-corrected chi connectivity index (χ2v) is 8.16. The molecule has 0 radical (unpaired) electrons. The van der Waals surface area contributed by atoms with Crippen molar-refractivity contribution in [3.05, 3.63) is 58.9 Å². The summed E-state index contributed by atoms with van der Waals surface area (Å²) in [6, 6.07) is 12.8. The average Bonchev–Trinajstić information content (AvgIpc) is 3.31. The molecule has 2 heterocycles. The zero-order chi connectivity index (χ0) is 21.1. The van der Waals surface area contributed by atoms with Crippen LogP contribution in [0.3, 0.4) is 0 Å². The molecule has 0 saturated heterocycles. The second-order valence-electron chi connectivity index (χ2n) is 6.80. The summed E-state index contributed by atoms with van der Waals surface area (Å²) in [5.41, 5.74) is 2.47. The van der Waals surface area contributed by atoms with Crippen LogP contribution >= 0.6 is 22.9 Å². The molecule has 2 aromatic heterocycles. The van der Waals surface area contributed by atoms with Crippen molar-refractivity contribution in [1.82, 2.24) is 19.8 Å². The highest BCUT2D eigenvalue weighted by atomic mass is 35.5. The van der Waals surface area contributed by atoms with Gasteiger partial charge in [-0.2, -0.15) is 9.61 Å². The molecule has 4 aromatic rings. The van der Waals surface area contributed by atoms with E-state index in [1.807, 2.05) is 31.2 Å². The Bertz CT molecular complexity index is 1200. The minimum absolute atomic E-state index is 0.0948. The number of ether oxygens (including phenoxy) is 1. The maximum absolute atomic E-state index is 12.3. The highest BCUT2D eigenvalue weighted by Crippen LogP contribution is 2.27. The van der Waals surface area contributed by atoms with Crippen LogP contribution in [-0.2, 0) is 11.2 Å². The van der Waals surface area contributed by atoms with Crippen LogP contribution in [0.4, 0.5) is 5.69 Å². The van der Waals surface area contributed by atoms with E-state index in [-0.39, 0.29) is 12.5 Å². The molecule has 0 bridgehead atoms. The predicted octanol–water partition coefficient (Wildman–Crippen LogP) is 4.78. The van der Waals surface area contributed by atoms with Gasteiger partial charge in [0.05, 0.1) is 0 Å². The van der Waals surface area contributed by atoms with E-state index in [2.05, 4.69) is 27.5 Å². The number of amides is 1. The minimum Gasteiger partial charge on any atom is -0.484 e. The Morgan fingerprint density at radius 2 is 2.10 bits per heavy atom. The molecular formula is C21H20ClN5O2S. The lowest BCUT2D eigenvalue weighted by Gasteiger charge is -2.09. The first kappa shape index (κ1) is 20.3. The number of anilines is 1. The fourth-order valence-corrected chi connectivity index (χ4v) is 3.91. The first-order valence-corrected chi connectivity index (χ1v) is 10.7. The van der Waals surface area contributed by atoms with E-state index >= 15 is 0 Å². The molecule has 0 saturated carbocycles. The van der Waals surface area contributed by atoms with E-state index in [0.717, 1.165) is 39.8 Å². The van der Waals surface area contributed by atoms with Crippen molar-refractivity contribution in [3.63, 3.8) is 0 Å². The Morgan fingerprint density at radius 1 is 1.23 bits per heavy atom. The SMILES string of the molecule is CCCc1nnc2sc(-c3cccc(NC(=O)COc4ccc(Cl)c(C)c4)c3)nn12. The molecule has 2 aromatic carbocycles. The van der Waals surface area contributed by atoms with E-state index < -0.39 is 0 Å². The van der Waals surface area contributed by atoms with Gasteiger partial charge in [-0.25, -0.2) is 0 Å². The average molecular weight is 442 g/mol. The summed E-state index contributed by atoms with van der Waals surface area (Å²) < 4.78 is 7.35. The molecule has 30 heavy (non-hydrogen) atoms. The predicted molar refractivity (Wildman–Crippen MR) is 118 cm³/mol. The first-order valence-electron chi connectivity index (χ1n) is 9.54. The third kappa shape index (κ3) is 4.44. The number of aromatic nitrogens is 4. The summed E-state index contributed by atoms with van der Waals surface area (Å²) in [5, 5.41) is 17.3. The quantitative estimate of drug-likeness (QED) is 0.446. The van der Waals surface area contributed by atoms with Gasteiger partial charge in [0, 0.05) is 22.7 Å². The number of hydrogen-bond donors (Lipinski definition) is 1. The molecule has 0 spiro atoms. The number of aryl methyl sites for hydroxylation is 2. The Hall–Kier alpha value is -2.97. The Labute approximate surface area is 182 Å². The maximum atomic E-state index is 12.3. The second kappa shape index (κ2) is 8.81. The third-order valence-corrected chi connectivity index (χ3v) is 5.79. The number of carbonyl (C=O) groups is 1. The highest BCUT2D eigenvalue weighted by molar-refractivity contribution is 7.19. The lowest BCUT2D eigenvalue weighted by Crippen LogP contribution is -2.20. The zero-order valence-corrected chi connectivity index (χ0v) is 18.1. The van der Waals surface area contributed by atoms with Crippen molar-refractivity contribution in [2.24, 2.45) is 0 Å². The fourth-order valence-electron chi connectivity index (χ4n) is 2.94. The van der Waals surface area contributed by atoms with Gasteiger partial charge in [-0.15, -0.1) is 10.2 Å². The molecule has 0 fully saturated rings. The van der Waals surface area contributed by atoms with E-state index in [0.29, 0.717) is 16.5 Å². The molecule has 0 aliphatic rings. The van der Waals surface area contributed by atoms with Gasteiger partial charge >= 0.3 is 0 Å². The number of nitrogens with one attached hydrogen (secondary N) is 1. The highest BCUT2D eigenvalue weighted by Gasteiger charge is 2.13. The zero-order valence-electron chi connectivity index (χ0n) is 16.6. The minimum atomic E-state index is -0.247. The van der Waals surface area contributed by atoms with Gasteiger partial charge in [-0.05, 0) is 49.2 Å². The summed E-state index contributed by atoms with van der Waals surface area (Å²) in [6.45, 7) is 3.89. The lowest BCUT2D eigenvalue weighted by molar-refractivity contribution is -0.118. The van der Waals surface area contributed by atoms with E-state index in [1.165, 1.54) is 11.3 Å². The van der Waals surface area contributed by atoms with Gasteiger partial charge in [0.1, 0.15) is 10.8 Å². The molecule has 0 unspecified atom stereocenters. The van der Waals surface area contributed by atoms with E-state index in [4.69, 9.17) is 16.3 Å². The number of carbonyl (C=O) groups excluding carboxylic acids is 1. The van der Waals surface area contributed by atoms with Crippen molar-refractivity contribution in [2.75, 3.05) is 11.9 Å². The standard InChI is InChI=1S/C21H20ClN5O2S/c1-3-5-18-24-25-21-27(18)26-20(30-21)14-6-4-7-15(11-14)23-19(28)12-29-16-8-9-17(22)13(2)10-16/h4,6-11H,3,5,12H2,1-2H3,(H,23,28). The molecule has 9 heteroatoms. The molecule has 1 N–H and O–H groups in total. The molecule has 0 atom stereocenters. The smallest absolute Gasteiger partial charge is 0.262 e. The number of rotatable bonds is 7. The Kier molecular flexibility index (Phi) is 5.96. The third-order valence-electron chi connectivity index (χ3n) is 4.42. The van der Waals surface area contributed by atoms with Gasteiger partial charge in [0.2, 0.25) is 4.96 Å². The van der Waals surface area contributed by atoms with Crippen LogP contribution in [0.15, 0.2) is 42.5 Å². The topological polar surface area (TPSA) is 81.4 Å². The van der Waals surface area contributed by atoms with Crippen LogP contribution in [0.2, 0.25) is 5.02 Å². The lowest BCUT2D eigenvalue weighted by atomic mass is 10.2. The van der Waals surface area contributed by atoms with E-state index in [1.54, 1.807) is 22.7 Å². The van der Waals surface area contributed by atoms with Crippen molar-refractivity contribution >= 4 is 39.5 Å². The summed E-state index contributed by atoms with van der Waals surface area (Å²) in [7, 11) is 0. The van der Waals surface area contributed by atoms with Crippen LogP contribution in [-0.4, -0.2) is 32.3 Å². The summed E-state index contributed by atoms with van der Waals surface area (Å²) >= 11 is 7.48. The van der Waals surface area contributed by atoms with E-state index in [9.17, 15) is 4.79 Å². The summed E-state index contributed by atoms with van der Waals surface area (Å²) in [5.74, 6) is 1.21. The van der Waals surface area contributed by atoms with Gasteiger partial charge in [0.25, 0.3) is 5.91 Å². The van der Waals surface area contributed by atoms with Crippen molar-refractivity contribution in [1.29, 1.82) is 0 Å². The monoisotopic (exact) mass is 441 g/mol. The Balaban J connectivity index is 1.44. The first-order chi connectivity index (χ1) is 14.5. The molecule has 1 amide bonds. The van der Waals surface area contributed by atoms with Crippen molar-refractivity contribution in [3.8, 4) is 16.3 Å². The number of fused-ring (bicyclic) bond motifs is 1.